The minimum absolute atomic E-state index is 0.0256. The van der Waals surface area contributed by atoms with Crippen LogP contribution >= 0.6 is 31.9 Å². The van der Waals surface area contributed by atoms with Crippen LogP contribution in [-0.2, 0) is 9.53 Å². The van der Waals surface area contributed by atoms with Crippen molar-refractivity contribution < 1.29 is 14.3 Å². The van der Waals surface area contributed by atoms with Crippen LogP contribution in [0.2, 0.25) is 0 Å². The summed E-state index contributed by atoms with van der Waals surface area (Å²) < 4.78 is 5.34. The monoisotopic (exact) mass is 409 g/mol. The predicted octanol–water partition coefficient (Wildman–Crippen LogP) is 3.85. The van der Waals surface area contributed by atoms with E-state index >= 15 is 0 Å². The Morgan fingerprint density at radius 3 is 2.25 bits per heavy atom. The molecule has 6 heteroatoms. The van der Waals surface area contributed by atoms with Gasteiger partial charge in [0.1, 0.15) is 5.60 Å². The molecule has 1 spiro atoms. The van der Waals surface area contributed by atoms with Gasteiger partial charge in [-0.3, -0.25) is 9.69 Å². The van der Waals surface area contributed by atoms with Gasteiger partial charge in [-0.05, 0) is 47.0 Å². The number of Topliss-reactive ketones (excluding diaryl/α,β-unsaturated/α-hetero) is 1. The first-order valence-electron chi connectivity index (χ1n) is 6.85. The van der Waals surface area contributed by atoms with E-state index < -0.39 is 5.60 Å². The lowest BCUT2D eigenvalue weighted by Crippen LogP contribution is -2.52. The minimum atomic E-state index is -0.540. The summed E-state index contributed by atoms with van der Waals surface area (Å²) in [5.74, 6) is 0.0256. The Hall–Kier alpha value is -0.100. The van der Waals surface area contributed by atoms with E-state index in [9.17, 15) is 9.59 Å². The Kier molecular flexibility index (Phi) is 4.05. The minimum Gasteiger partial charge on any atom is -0.444 e. The molecule has 1 amide bonds. The van der Waals surface area contributed by atoms with Crippen molar-refractivity contribution in [2.75, 3.05) is 6.54 Å². The van der Waals surface area contributed by atoms with Gasteiger partial charge in [0.25, 0.3) is 0 Å². The van der Waals surface area contributed by atoms with E-state index in [1.165, 1.54) is 0 Å². The molecule has 0 bridgehead atoms. The van der Waals surface area contributed by atoms with Gasteiger partial charge >= 0.3 is 6.09 Å². The Bertz CT molecular complexity index is 444. The standard InChI is InChI=1S/C14H21Br2NO3/c1-9(18)10-7-13(8-14(13,15)16)5-6-17(10)11(19)20-12(2,3)4/h10H,5-8H2,1-4H3/t10-,13?/m1/s1. The van der Waals surface area contributed by atoms with E-state index in [2.05, 4.69) is 31.9 Å². The van der Waals surface area contributed by atoms with Gasteiger partial charge in [-0.2, -0.15) is 0 Å². The number of nitrogens with zero attached hydrogens (tertiary/aromatic N) is 1. The zero-order valence-electron chi connectivity index (χ0n) is 12.3. The maximum absolute atomic E-state index is 12.2. The Morgan fingerprint density at radius 1 is 1.30 bits per heavy atom. The molecule has 1 aliphatic heterocycles. The van der Waals surface area contributed by atoms with Crippen molar-refractivity contribution in [1.29, 1.82) is 0 Å². The lowest BCUT2D eigenvalue weighted by molar-refractivity contribution is -0.124. The molecule has 2 aliphatic rings. The van der Waals surface area contributed by atoms with Crippen LogP contribution in [0.15, 0.2) is 0 Å². The molecule has 2 rings (SSSR count). The van der Waals surface area contributed by atoms with Crippen LogP contribution in [0, 0.1) is 5.41 Å². The normalized spacial score (nSPS) is 32.1. The maximum Gasteiger partial charge on any atom is 0.410 e. The summed E-state index contributed by atoms with van der Waals surface area (Å²) in [5, 5.41) is 0. The first kappa shape index (κ1) is 16.3. The molecule has 1 aliphatic carbocycles. The lowest BCUT2D eigenvalue weighted by atomic mass is 9.86. The third-order valence-electron chi connectivity index (χ3n) is 4.10. The number of piperidine rings is 1. The van der Waals surface area contributed by atoms with Gasteiger partial charge in [0.2, 0.25) is 0 Å². The molecule has 2 fully saturated rings. The zero-order chi connectivity index (χ0) is 15.3. The molecule has 1 unspecified atom stereocenters. The van der Waals surface area contributed by atoms with Gasteiger partial charge in [-0.1, -0.05) is 31.9 Å². The summed E-state index contributed by atoms with van der Waals surface area (Å²) in [7, 11) is 0. The fourth-order valence-corrected chi connectivity index (χ4v) is 4.64. The molecule has 1 saturated heterocycles. The molecule has 0 radical (unpaired) electrons. The smallest absolute Gasteiger partial charge is 0.410 e. The molecule has 0 aromatic carbocycles. The number of alkyl halides is 2. The van der Waals surface area contributed by atoms with Gasteiger partial charge < -0.3 is 4.74 Å². The molecule has 0 aromatic rings. The number of carbonyl (C=O) groups is 2. The number of ketones is 1. The highest BCUT2D eigenvalue weighted by Crippen LogP contribution is 2.71. The highest BCUT2D eigenvalue weighted by Gasteiger charge is 2.67. The molecular weight excluding hydrogens is 390 g/mol. The van der Waals surface area contributed by atoms with Crippen LogP contribution in [0.25, 0.3) is 0 Å². The van der Waals surface area contributed by atoms with Crippen molar-refractivity contribution in [2.24, 2.45) is 5.41 Å². The second-order valence-corrected chi connectivity index (χ2v) is 10.7. The zero-order valence-corrected chi connectivity index (χ0v) is 15.5. The van der Waals surface area contributed by atoms with Gasteiger partial charge in [0.15, 0.2) is 5.78 Å². The SMILES string of the molecule is CC(=O)[C@H]1CC2(CCN1C(=O)OC(C)(C)C)CC2(Br)Br. The van der Waals surface area contributed by atoms with E-state index in [0.717, 1.165) is 12.8 Å². The van der Waals surface area contributed by atoms with Crippen molar-refractivity contribution in [3.63, 3.8) is 0 Å². The van der Waals surface area contributed by atoms with Crippen molar-refractivity contribution in [3.05, 3.63) is 0 Å². The molecular formula is C14H21Br2NO3. The number of hydrogen-bond donors (Lipinski definition) is 0. The summed E-state index contributed by atoms with van der Waals surface area (Å²) in [4.78, 5) is 25.8. The van der Waals surface area contributed by atoms with Gasteiger partial charge in [-0.25, -0.2) is 4.79 Å². The van der Waals surface area contributed by atoms with Crippen LogP contribution in [-0.4, -0.2) is 38.2 Å². The summed E-state index contributed by atoms with van der Waals surface area (Å²) in [6.45, 7) is 7.62. The van der Waals surface area contributed by atoms with Crippen molar-refractivity contribution in [3.8, 4) is 0 Å². The molecule has 114 valence electrons. The van der Waals surface area contributed by atoms with Crippen molar-refractivity contribution in [1.82, 2.24) is 4.90 Å². The molecule has 1 heterocycles. The molecule has 4 nitrogen and oxygen atoms in total. The third-order valence-corrected chi connectivity index (χ3v) is 6.34. The van der Waals surface area contributed by atoms with Gasteiger partial charge in [0.05, 0.1) is 9.28 Å². The predicted molar refractivity (Wildman–Crippen MR) is 84.3 cm³/mol. The second kappa shape index (κ2) is 4.97. The van der Waals surface area contributed by atoms with Crippen molar-refractivity contribution in [2.45, 2.75) is 61.8 Å². The average Bonchev–Trinajstić information content (AvgIpc) is 2.76. The summed E-state index contributed by atoms with van der Waals surface area (Å²) >= 11 is 7.32. The number of carbonyl (C=O) groups excluding carboxylic acids is 2. The van der Waals surface area contributed by atoms with Gasteiger partial charge in [0, 0.05) is 12.0 Å². The van der Waals surface area contributed by atoms with Crippen LogP contribution in [0.3, 0.4) is 0 Å². The molecule has 20 heavy (non-hydrogen) atoms. The quantitative estimate of drug-likeness (QED) is 0.616. The Labute approximate surface area is 136 Å². The number of ether oxygens (including phenoxy) is 1. The van der Waals surface area contributed by atoms with Crippen LogP contribution in [0.5, 0.6) is 0 Å². The first-order chi connectivity index (χ1) is 8.97. The summed E-state index contributed by atoms with van der Waals surface area (Å²) in [5.41, 5.74) is -0.455. The largest absolute Gasteiger partial charge is 0.444 e. The number of halogens is 2. The third kappa shape index (κ3) is 3.06. The fraction of sp³-hybridized carbons (Fsp3) is 0.857. The Balaban J connectivity index is 2.11. The number of hydrogen-bond acceptors (Lipinski definition) is 3. The summed E-state index contributed by atoms with van der Waals surface area (Å²) in [6.07, 6.45) is 2.18. The van der Waals surface area contributed by atoms with E-state index in [-0.39, 0.29) is 26.6 Å². The second-order valence-electron chi connectivity index (χ2n) is 6.92. The molecule has 2 atom stereocenters. The molecule has 1 saturated carbocycles. The highest BCUT2D eigenvalue weighted by molar-refractivity contribution is 9.25. The van der Waals surface area contributed by atoms with Gasteiger partial charge in [-0.15, -0.1) is 0 Å². The first-order valence-corrected chi connectivity index (χ1v) is 8.44. The average molecular weight is 411 g/mol. The van der Waals surface area contributed by atoms with E-state index in [0.29, 0.717) is 13.0 Å². The molecule has 0 N–H and O–H groups in total. The lowest BCUT2D eigenvalue weighted by Gasteiger charge is -2.39. The van der Waals surface area contributed by atoms with E-state index in [1.807, 2.05) is 20.8 Å². The van der Waals surface area contributed by atoms with Crippen molar-refractivity contribution >= 4 is 43.7 Å². The topological polar surface area (TPSA) is 46.6 Å². The molecule has 0 aromatic heterocycles. The maximum atomic E-state index is 12.2. The Morgan fingerprint density at radius 2 is 1.85 bits per heavy atom. The van der Waals surface area contributed by atoms with Crippen LogP contribution in [0.4, 0.5) is 4.79 Å². The van der Waals surface area contributed by atoms with Crippen LogP contribution in [0.1, 0.15) is 47.0 Å². The summed E-state index contributed by atoms with van der Waals surface area (Å²) in [6, 6.07) is -0.379. The number of amides is 1. The highest BCUT2D eigenvalue weighted by atomic mass is 79.9. The number of rotatable bonds is 1. The van der Waals surface area contributed by atoms with E-state index in [4.69, 9.17) is 4.74 Å². The van der Waals surface area contributed by atoms with Crippen LogP contribution < -0.4 is 0 Å². The fourth-order valence-electron chi connectivity index (χ4n) is 2.85. The number of likely N-dealkylation sites (tertiary alicyclic amines) is 1. The van der Waals surface area contributed by atoms with E-state index in [1.54, 1.807) is 11.8 Å².